The SMILES string of the molecule is Cc1c(C(=O)Nc2ccccc2)sc(NC(=O)C(C)Sc2cccc(NC(=O)/C(=C/c3cccs3)NC(=O)c3ccccc3)c2)c1C#N. The molecule has 0 aliphatic rings. The molecule has 2 heterocycles. The third-order valence-electron chi connectivity index (χ3n) is 6.87. The number of rotatable bonds is 11. The van der Waals surface area contributed by atoms with Crippen LogP contribution in [0.3, 0.4) is 0 Å². The Kier molecular flexibility index (Phi) is 11.2. The summed E-state index contributed by atoms with van der Waals surface area (Å²) in [4.78, 5) is 54.3. The first-order valence-electron chi connectivity index (χ1n) is 14.6. The van der Waals surface area contributed by atoms with Gasteiger partial charge in [0.1, 0.15) is 16.8 Å². The standard InChI is InChI=1S/C36H29N5O4S3/c1-22-29(21-37)36(48-31(22)35(45)38-25-13-7-4-8-14-25)41-32(42)23(2)47-28-16-9-15-26(19-28)39-34(44)30(20-27-17-10-18-46-27)40-33(43)24-11-5-3-6-12-24/h3-20,23H,1-2H3,(H,38,45)(H,39,44)(H,40,43)(H,41,42)/b30-20-. The quantitative estimate of drug-likeness (QED) is 0.0824. The molecule has 4 amide bonds. The van der Waals surface area contributed by atoms with Gasteiger partial charge in [-0.2, -0.15) is 5.26 Å². The summed E-state index contributed by atoms with van der Waals surface area (Å²) in [6.45, 7) is 3.40. The summed E-state index contributed by atoms with van der Waals surface area (Å²) < 4.78 is 0. The molecule has 240 valence electrons. The molecule has 0 saturated heterocycles. The second-order valence-electron chi connectivity index (χ2n) is 10.3. The molecule has 0 aliphatic carbocycles. The fraction of sp³-hybridized carbons (Fsp3) is 0.0833. The molecule has 5 aromatic rings. The monoisotopic (exact) mass is 691 g/mol. The van der Waals surface area contributed by atoms with Crippen LogP contribution in [0, 0.1) is 18.3 Å². The lowest BCUT2D eigenvalue weighted by atomic mass is 10.1. The number of thiophene rings is 2. The van der Waals surface area contributed by atoms with Crippen molar-refractivity contribution in [3.8, 4) is 6.07 Å². The van der Waals surface area contributed by atoms with E-state index in [2.05, 4.69) is 27.3 Å². The van der Waals surface area contributed by atoms with Crippen LogP contribution in [0.1, 0.15) is 43.0 Å². The zero-order valence-corrected chi connectivity index (χ0v) is 28.2. The number of para-hydroxylation sites is 1. The van der Waals surface area contributed by atoms with E-state index < -0.39 is 17.1 Å². The molecule has 12 heteroatoms. The molecule has 2 aromatic heterocycles. The van der Waals surface area contributed by atoms with E-state index in [0.29, 0.717) is 37.3 Å². The summed E-state index contributed by atoms with van der Waals surface area (Å²) in [6, 6.07) is 30.4. The predicted octanol–water partition coefficient (Wildman–Crippen LogP) is 7.77. The number of nitrogens with zero attached hydrogens (tertiary/aromatic N) is 1. The van der Waals surface area contributed by atoms with Gasteiger partial charge >= 0.3 is 0 Å². The molecular weight excluding hydrogens is 663 g/mol. The molecule has 9 nitrogen and oxygen atoms in total. The van der Waals surface area contributed by atoms with E-state index in [0.717, 1.165) is 16.2 Å². The minimum Gasteiger partial charge on any atom is -0.321 e. The normalized spacial score (nSPS) is 11.6. The van der Waals surface area contributed by atoms with Gasteiger partial charge < -0.3 is 21.3 Å². The van der Waals surface area contributed by atoms with Crippen LogP contribution < -0.4 is 21.3 Å². The number of benzene rings is 3. The molecule has 48 heavy (non-hydrogen) atoms. The smallest absolute Gasteiger partial charge is 0.272 e. The first-order valence-corrected chi connectivity index (χ1v) is 17.2. The number of hydrogen-bond donors (Lipinski definition) is 4. The number of carbonyl (C=O) groups excluding carboxylic acids is 4. The van der Waals surface area contributed by atoms with Gasteiger partial charge in [-0.25, -0.2) is 0 Å². The zero-order chi connectivity index (χ0) is 34.0. The number of thioether (sulfide) groups is 1. The average Bonchev–Trinajstić information content (AvgIpc) is 3.72. The highest BCUT2D eigenvalue weighted by Crippen LogP contribution is 2.34. The van der Waals surface area contributed by atoms with Crippen LogP contribution in [-0.2, 0) is 9.59 Å². The highest BCUT2D eigenvalue weighted by atomic mass is 32.2. The number of hydrogen-bond acceptors (Lipinski definition) is 8. The van der Waals surface area contributed by atoms with E-state index in [9.17, 15) is 24.4 Å². The third kappa shape index (κ3) is 8.65. The van der Waals surface area contributed by atoms with Crippen molar-refractivity contribution in [1.29, 1.82) is 5.26 Å². The second-order valence-corrected chi connectivity index (χ2v) is 13.7. The number of anilines is 3. The Balaban J connectivity index is 1.25. The van der Waals surface area contributed by atoms with Gasteiger partial charge in [-0.1, -0.05) is 48.5 Å². The van der Waals surface area contributed by atoms with E-state index in [-0.39, 0.29) is 23.1 Å². The van der Waals surface area contributed by atoms with Crippen molar-refractivity contribution in [3.63, 3.8) is 0 Å². The van der Waals surface area contributed by atoms with E-state index >= 15 is 0 Å². The second kappa shape index (κ2) is 15.9. The van der Waals surface area contributed by atoms with Crippen molar-refractivity contribution in [3.05, 3.63) is 135 Å². The van der Waals surface area contributed by atoms with E-state index in [1.165, 1.54) is 23.1 Å². The number of nitrogens with one attached hydrogen (secondary N) is 4. The van der Waals surface area contributed by atoms with E-state index in [4.69, 9.17) is 0 Å². The molecule has 1 unspecified atom stereocenters. The zero-order valence-electron chi connectivity index (χ0n) is 25.8. The maximum Gasteiger partial charge on any atom is 0.272 e. The fourth-order valence-corrected chi connectivity index (χ4v) is 7.08. The molecule has 0 aliphatic heterocycles. The first kappa shape index (κ1) is 33.9. The summed E-state index contributed by atoms with van der Waals surface area (Å²) in [5.41, 5.74) is 2.31. The van der Waals surface area contributed by atoms with Crippen molar-refractivity contribution < 1.29 is 19.2 Å². The lowest BCUT2D eigenvalue weighted by Crippen LogP contribution is -2.30. The van der Waals surface area contributed by atoms with Gasteiger partial charge in [0.2, 0.25) is 5.91 Å². The Morgan fingerprint density at radius 2 is 1.54 bits per heavy atom. The van der Waals surface area contributed by atoms with Crippen molar-refractivity contribution >= 4 is 80.5 Å². The van der Waals surface area contributed by atoms with Gasteiger partial charge in [0.25, 0.3) is 17.7 Å². The van der Waals surface area contributed by atoms with Crippen LogP contribution in [-0.4, -0.2) is 28.9 Å². The van der Waals surface area contributed by atoms with Gasteiger partial charge in [0.05, 0.1) is 15.7 Å². The molecule has 1 atom stereocenters. The van der Waals surface area contributed by atoms with Crippen LogP contribution in [0.2, 0.25) is 0 Å². The predicted molar refractivity (Wildman–Crippen MR) is 193 cm³/mol. The number of amides is 4. The minimum absolute atomic E-state index is 0.0773. The summed E-state index contributed by atoms with van der Waals surface area (Å²) >= 11 is 3.74. The largest absolute Gasteiger partial charge is 0.321 e. The number of nitriles is 1. The average molecular weight is 692 g/mol. The van der Waals surface area contributed by atoms with Gasteiger partial charge in [0, 0.05) is 26.7 Å². The summed E-state index contributed by atoms with van der Waals surface area (Å²) in [6.07, 6.45) is 1.62. The van der Waals surface area contributed by atoms with E-state index in [1.54, 1.807) is 92.7 Å². The molecule has 5 rings (SSSR count). The highest BCUT2D eigenvalue weighted by Gasteiger charge is 2.24. The van der Waals surface area contributed by atoms with Crippen LogP contribution in [0.25, 0.3) is 6.08 Å². The maximum atomic E-state index is 13.4. The van der Waals surface area contributed by atoms with E-state index in [1.807, 2.05) is 29.6 Å². The Bertz CT molecular complexity index is 2020. The van der Waals surface area contributed by atoms with Crippen molar-refractivity contribution in [2.24, 2.45) is 0 Å². The van der Waals surface area contributed by atoms with Crippen molar-refractivity contribution in [2.45, 2.75) is 24.0 Å². The summed E-state index contributed by atoms with van der Waals surface area (Å²) in [5.74, 6) is -1.64. The summed E-state index contributed by atoms with van der Waals surface area (Å²) in [5, 5.41) is 22.6. The maximum absolute atomic E-state index is 13.4. The molecule has 0 spiro atoms. The van der Waals surface area contributed by atoms with Crippen molar-refractivity contribution in [2.75, 3.05) is 16.0 Å². The van der Waals surface area contributed by atoms with Crippen LogP contribution in [0.15, 0.2) is 113 Å². The highest BCUT2D eigenvalue weighted by molar-refractivity contribution is 8.00. The third-order valence-corrected chi connectivity index (χ3v) is 9.98. The Morgan fingerprint density at radius 3 is 2.23 bits per heavy atom. The first-order chi connectivity index (χ1) is 23.2. The molecule has 0 radical (unpaired) electrons. The van der Waals surface area contributed by atoms with Crippen LogP contribution in [0.4, 0.5) is 16.4 Å². The lowest BCUT2D eigenvalue weighted by molar-refractivity contribution is -0.115. The lowest BCUT2D eigenvalue weighted by Gasteiger charge is -2.14. The molecular formula is C36H29N5O4S3. The Hall–Kier alpha value is -5.48. The molecule has 4 N–H and O–H groups in total. The van der Waals surface area contributed by atoms with Gasteiger partial charge in [0.15, 0.2) is 0 Å². The van der Waals surface area contributed by atoms with Crippen molar-refractivity contribution in [1.82, 2.24) is 5.32 Å². The molecule has 0 fully saturated rings. The van der Waals surface area contributed by atoms with Gasteiger partial charge in [-0.05, 0) is 79.4 Å². The topological polar surface area (TPSA) is 140 Å². The van der Waals surface area contributed by atoms with Gasteiger partial charge in [-0.15, -0.1) is 34.4 Å². The Labute approximate surface area is 289 Å². The number of carbonyl (C=O) groups is 4. The molecule has 0 saturated carbocycles. The Morgan fingerprint density at radius 1 is 0.833 bits per heavy atom. The minimum atomic E-state index is -0.592. The fourth-order valence-electron chi connectivity index (χ4n) is 4.44. The van der Waals surface area contributed by atoms with Gasteiger partial charge in [-0.3, -0.25) is 19.2 Å². The molecule has 3 aromatic carbocycles. The molecule has 0 bridgehead atoms. The van der Waals surface area contributed by atoms with Crippen LogP contribution >= 0.6 is 34.4 Å². The van der Waals surface area contributed by atoms with Crippen LogP contribution in [0.5, 0.6) is 0 Å². The summed E-state index contributed by atoms with van der Waals surface area (Å²) in [7, 11) is 0.